The summed E-state index contributed by atoms with van der Waals surface area (Å²) in [7, 11) is -1.87. The van der Waals surface area contributed by atoms with Crippen LogP contribution in [-0.4, -0.2) is 41.0 Å². The van der Waals surface area contributed by atoms with E-state index < -0.39 is 10.0 Å². The van der Waals surface area contributed by atoms with Crippen molar-refractivity contribution in [2.24, 2.45) is 7.05 Å². The van der Waals surface area contributed by atoms with E-state index >= 15 is 0 Å². The number of aryl methyl sites for hydroxylation is 1. The molecule has 1 aromatic heterocycles. The Morgan fingerprint density at radius 3 is 2.59 bits per heavy atom. The van der Waals surface area contributed by atoms with E-state index in [4.69, 9.17) is 11.6 Å². The van der Waals surface area contributed by atoms with Crippen molar-refractivity contribution >= 4 is 21.6 Å². The van der Waals surface area contributed by atoms with Gasteiger partial charge in [0, 0.05) is 25.5 Å². The van der Waals surface area contributed by atoms with Gasteiger partial charge in [-0.15, -0.1) is 11.6 Å². The maximum absolute atomic E-state index is 12.4. The second kappa shape index (κ2) is 5.84. The van der Waals surface area contributed by atoms with Crippen molar-refractivity contribution in [2.75, 3.05) is 12.4 Å². The van der Waals surface area contributed by atoms with Crippen LogP contribution in [0.3, 0.4) is 0 Å². The van der Waals surface area contributed by atoms with Gasteiger partial charge in [-0.1, -0.05) is 0 Å². The van der Waals surface area contributed by atoms with Gasteiger partial charge in [-0.05, 0) is 26.3 Å². The lowest BCUT2D eigenvalue weighted by atomic mass is 10.4. The molecule has 5 nitrogen and oxygen atoms in total. The monoisotopic (exact) mass is 279 g/mol. The van der Waals surface area contributed by atoms with Gasteiger partial charge < -0.3 is 0 Å². The minimum absolute atomic E-state index is 0.0990. The summed E-state index contributed by atoms with van der Waals surface area (Å²) >= 11 is 5.62. The van der Waals surface area contributed by atoms with E-state index in [9.17, 15) is 8.42 Å². The van der Waals surface area contributed by atoms with Gasteiger partial charge in [-0.25, -0.2) is 8.42 Å². The summed E-state index contributed by atoms with van der Waals surface area (Å²) in [5, 5.41) is 4.10. The molecule has 1 rings (SSSR count). The van der Waals surface area contributed by atoms with Crippen LogP contribution in [0.2, 0.25) is 0 Å². The molecule has 0 aliphatic carbocycles. The van der Waals surface area contributed by atoms with E-state index in [1.807, 2.05) is 13.8 Å². The molecule has 0 amide bonds. The van der Waals surface area contributed by atoms with Crippen molar-refractivity contribution < 1.29 is 8.42 Å². The van der Waals surface area contributed by atoms with E-state index in [0.717, 1.165) is 0 Å². The van der Waals surface area contributed by atoms with Gasteiger partial charge in [-0.2, -0.15) is 9.40 Å². The van der Waals surface area contributed by atoms with Crippen molar-refractivity contribution in [2.45, 2.75) is 31.3 Å². The van der Waals surface area contributed by atoms with Crippen LogP contribution < -0.4 is 0 Å². The van der Waals surface area contributed by atoms with Gasteiger partial charge in [0.25, 0.3) is 10.0 Å². The zero-order valence-electron chi connectivity index (χ0n) is 10.3. The molecule has 0 unspecified atom stereocenters. The summed E-state index contributed by atoms with van der Waals surface area (Å²) in [5.41, 5.74) is 0. The molecule has 0 saturated carbocycles. The summed E-state index contributed by atoms with van der Waals surface area (Å²) < 4.78 is 27.6. The first-order valence-corrected chi connectivity index (χ1v) is 7.44. The molecule has 1 heterocycles. The molecule has 0 N–H and O–H groups in total. The zero-order valence-corrected chi connectivity index (χ0v) is 11.9. The van der Waals surface area contributed by atoms with Gasteiger partial charge in [0.15, 0.2) is 5.03 Å². The Labute approximate surface area is 107 Å². The van der Waals surface area contributed by atoms with Crippen LogP contribution in [0.5, 0.6) is 0 Å². The van der Waals surface area contributed by atoms with Crippen LogP contribution in [0, 0.1) is 0 Å². The summed E-state index contributed by atoms with van der Waals surface area (Å²) in [6.07, 6.45) is 2.11. The number of sulfonamides is 1. The molecule has 0 bridgehead atoms. The molecule has 0 spiro atoms. The Hall–Kier alpha value is -0.590. The Morgan fingerprint density at radius 2 is 2.18 bits per heavy atom. The normalized spacial score (nSPS) is 12.6. The molecule has 0 aromatic carbocycles. The van der Waals surface area contributed by atoms with E-state index in [1.165, 1.54) is 21.3 Å². The van der Waals surface area contributed by atoms with Gasteiger partial charge in [0.05, 0.1) is 6.20 Å². The summed E-state index contributed by atoms with van der Waals surface area (Å²) in [4.78, 5) is 0. The molecule has 0 saturated heterocycles. The lowest BCUT2D eigenvalue weighted by molar-refractivity contribution is 0.351. The van der Waals surface area contributed by atoms with Crippen LogP contribution >= 0.6 is 11.6 Å². The zero-order chi connectivity index (χ0) is 13.1. The average molecular weight is 280 g/mol. The van der Waals surface area contributed by atoms with E-state index in [2.05, 4.69) is 5.10 Å². The maximum atomic E-state index is 12.4. The smallest absolute Gasteiger partial charge is 0.256 e. The van der Waals surface area contributed by atoms with Crippen molar-refractivity contribution in [1.82, 2.24) is 14.1 Å². The van der Waals surface area contributed by atoms with Crippen molar-refractivity contribution in [3.05, 3.63) is 12.3 Å². The average Bonchev–Trinajstić information content (AvgIpc) is 2.64. The number of hydrogen-bond donors (Lipinski definition) is 0. The molecular formula is C10H18ClN3O2S. The Balaban J connectivity index is 3.05. The van der Waals surface area contributed by atoms with Crippen molar-refractivity contribution in [3.63, 3.8) is 0 Å². The van der Waals surface area contributed by atoms with E-state index in [-0.39, 0.29) is 11.1 Å². The molecule has 0 aliphatic rings. The van der Waals surface area contributed by atoms with Crippen molar-refractivity contribution in [3.8, 4) is 0 Å². The third kappa shape index (κ3) is 3.20. The highest BCUT2D eigenvalue weighted by Crippen LogP contribution is 2.17. The molecule has 0 aliphatic heterocycles. The highest BCUT2D eigenvalue weighted by atomic mass is 35.5. The number of hydrogen-bond acceptors (Lipinski definition) is 3. The quantitative estimate of drug-likeness (QED) is 0.741. The molecule has 0 atom stereocenters. The Kier molecular flexibility index (Phi) is 4.97. The minimum atomic E-state index is -3.48. The molecule has 17 heavy (non-hydrogen) atoms. The standard InChI is InChI=1S/C10H18ClN3O2S/c1-9(2)14(8-4-6-11)17(15,16)10-5-7-12-13(10)3/h5,7,9H,4,6,8H2,1-3H3. The van der Waals surface area contributed by atoms with Crippen LogP contribution in [0.1, 0.15) is 20.3 Å². The van der Waals surface area contributed by atoms with E-state index in [1.54, 1.807) is 7.05 Å². The van der Waals surface area contributed by atoms with Crippen LogP contribution in [0.4, 0.5) is 0 Å². The van der Waals surface area contributed by atoms with Crippen LogP contribution in [-0.2, 0) is 17.1 Å². The SMILES string of the molecule is CC(C)N(CCCCl)S(=O)(=O)c1ccnn1C. The minimum Gasteiger partial charge on any atom is -0.256 e. The predicted molar refractivity (Wildman–Crippen MR) is 67.6 cm³/mol. The topological polar surface area (TPSA) is 55.2 Å². The molecular weight excluding hydrogens is 262 g/mol. The summed E-state index contributed by atoms with van der Waals surface area (Å²) in [6, 6.07) is 1.41. The van der Waals surface area contributed by atoms with Crippen molar-refractivity contribution in [1.29, 1.82) is 0 Å². The first kappa shape index (κ1) is 14.5. The molecule has 7 heteroatoms. The molecule has 98 valence electrons. The fourth-order valence-corrected chi connectivity index (χ4v) is 3.50. The number of nitrogens with zero attached hydrogens (tertiary/aromatic N) is 3. The second-order valence-corrected chi connectivity index (χ2v) is 6.26. The first-order valence-electron chi connectivity index (χ1n) is 5.47. The van der Waals surface area contributed by atoms with Gasteiger partial charge >= 0.3 is 0 Å². The van der Waals surface area contributed by atoms with E-state index in [0.29, 0.717) is 18.8 Å². The Bertz CT molecular complexity index is 456. The van der Waals surface area contributed by atoms with Gasteiger partial charge in [-0.3, -0.25) is 4.68 Å². The molecule has 0 radical (unpaired) electrons. The molecule has 1 aromatic rings. The number of aromatic nitrogens is 2. The van der Waals surface area contributed by atoms with Gasteiger partial charge in [0.1, 0.15) is 0 Å². The summed E-state index contributed by atoms with van der Waals surface area (Å²) in [5.74, 6) is 0.449. The molecule has 0 fully saturated rings. The first-order chi connectivity index (χ1) is 7.91. The largest absolute Gasteiger partial charge is 0.260 e. The van der Waals surface area contributed by atoms with Gasteiger partial charge in [0.2, 0.25) is 0 Å². The highest BCUT2D eigenvalue weighted by molar-refractivity contribution is 7.89. The lowest BCUT2D eigenvalue weighted by Gasteiger charge is -2.25. The third-order valence-electron chi connectivity index (χ3n) is 2.44. The lowest BCUT2D eigenvalue weighted by Crippen LogP contribution is -2.38. The Morgan fingerprint density at radius 1 is 1.53 bits per heavy atom. The number of alkyl halides is 1. The summed E-state index contributed by atoms with van der Waals surface area (Å²) in [6.45, 7) is 4.12. The number of rotatable bonds is 6. The van der Waals surface area contributed by atoms with Crippen LogP contribution in [0.25, 0.3) is 0 Å². The highest BCUT2D eigenvalue weighted by Gasteiger charge is 2.28. The second-order valence-electron chi connectivity index (χ2n) is 4.05. The number of halogens is 1. The van der Waals surface area contributed by atoms with Crippen LogP contribution in [0.15, 0.2) is 17.3 Å². The fraction of sp³-hybridized carbons (Fsp3) is 0.700. The fourth-order valence-electron chi connectivity index (χ4n) is 1.61. The third-order valence-corrected chi connectivity index (χ3v) is 4.85. The predicted octanol–water partition coefficient (Wildman–Crippen LogP) is 1.45. The maximum Gasteiger partial charge on any atom is 0.260 e.